The summed E-state index contributed by atoms with van der Waals surface area (Å²) in [6.45, 7) is 5.95. The van der Waals surface area contributed by atoms with Crippen molar-refractivity contribution in [2.24, 2.45) is 5.41 Å². The lowest BCUT2D eigenvalue weighted by molar-refractivity contribution is -0.122. The van der Waals surface area contributed by atoms with Crippen molar-refractivity contribution in [3.05, 3.63) is 40.7 Å². The maximum absolute atomic E-state index is 12.5. The summed E-state index contributed by atoms with van der Waals surface area (Å²) in [7, 11) is -2.21. The van der Waals surface area contributed by atoms with E-state index in [4.69, 9.17) is 4.42 Å². The molecule has 1 atom stereocenters. The third-order valence-corrected chi connectivity index (χ3v) is 7.77. The second-order valence-corrected chi connectivity index (χ2v) is 10.8. The van der Waals surface area contributed by atoms with Crippen LogP contribution in [0.5, 0.6) is 0 Å². The van der Waals surface area contributed by atoms with Crippen LogP contribution in [0, 0.1) is 12.3 Å². The predicted octanol–water partition coefficient (Wildman–Crippen LogP) is 3.10. The molecule has 0 spiro atoms. The SMILES string of the molecule is Cc1cc2c(o1)CC(C)(C)CC2NC(=O)CN(C)S(=O)(=O)c1cccs1. The van der Waals surface area contributed by atoms with Gasteiger partial charge in [0, 0.05) is 19.0 Å². The molecule has 1 N–H and O–H groups in total. The van der Waals surface area contributed by atoms with Gasteiger partial charge in [-0.15, -0.1) is 11.3 Å². The van der Waals surface area contributed by atoms with E-state index >= 15 is 0 Å². The highest BCUT2D eigenvalue weighted by molar-refractivity contribution is 7.91. The zero-order chi connectivity index (χ0) is 19.1. The van der Waals surface area contributed by atoms with Gasteiger partial charge in [-0.25, -0.2) is 8.42 Å². The summed E-state index contributed by atoms with van der Waals surface area (Å²) in [5, 5.41) is 4.69. The summed E-state index contributed by atoms with van der Waals surface area (Å²) in [5.41, 5.74) is 1.00. The summed E-state index contributed by atoms with van der Waals surface area (Å²) >= 11 is 1.14. The number of likely N-dealkylation sites (N-methyl/N-ethyl adjacent to an activating group) is 1. The quantitative estimate of drug-likeness (QED) is 0.842. The molecule has 0 aromatic carbocycles. The molecule has 2 heterocycles. The highest BCUT2D eigenvalue weighted by atomic mass is 32.2. The van der Waals surface area contributed by atoms with Crippen LogP contribution in [-0.2, 0) is 21.2 Å². The minimum absolute atomic E-state index is 0.00415. The van der Waals surface area contributed by atoms with Gasteiger partial charge in [0.15, 0.2) is 0 Å². The molecule has 0 aliphatic heterocycles. The maximum Gasteiger partial charge on any atom is 0.252 e. The Morgan fingerprint density at radius 3 is 2.85 bits per heavy atom. The summed E-state index contributed by atoms with van der Waals surface area (Å²) in [4.78, 5) is 12.5. The van der Waals surface area contributed by atoms with Gasteiger partial charge >= 0.3 is 0 Å². The molecule has 1 unspecified atom stereocenters. The average Bonchev–Trinajstić information content (AvgIpc) is 3.15. The van der Waals surface area contributed by atoms with Crippen LogP contribution < -0.4 is 5.32 Å². The third-order valence-electron chi connectivity index (χ3n) is 4.60. The van der Waals surface area contributed by atoms with Crippen LogP contribution in [-0.4, -0.2) is 32.2 Å². The molecule has 26 heavy (non-hydrogen) atoms. The average molecular weight is 397 g/mol. The van der Waals surface area contributed by atoms with E-state index < -0.39 is 10.0 Å². The van der Waals surface area contributed by atoms with E-state index in [0.29, 0.717) is 0 Å². The highest BCUT2D eigenvalue weighted by Crippen LogP contribution is 2.42. The Balaban J connectivity index is 1.72. The van der Waals surface area contributed by atoms with Crippen molar-refractivity contribution in [2.45, 2.75) is 43.9 Å². The number of rotatable bonds is 5. The maximum atomic E-state index is 12.5. The molecule has 6 nitrogen and oxygen atoms in total. The monoisotopic (exact) mass is 396 g/mol. The number of fused-ring (bicyclic) bond motifs is 1. The Morgan fingerprint density at radius 2 is 2.19 bits per heavy atom. The number of aryl methyl sites for hydroxylation is 1. The van der Waals surface area contributed by atoms with E-state index in [1.807, 2.05) is 13.0 Å². The number of nitrogens with one attached hydrogen (secondary N) is 1. The van der Waals surface area contributed by atoms with Crippen LogP contribution in [0.25, 0.3) is 0 Å². The summed E-state index contributed by atoms with van der Waals surface area (Å²) < 4.78 is 32.0. The molecular formula is C18H24N2O4S2. The zero-order valence-electron chi connectivity index (χ0n) is 15.4. The molecule has 0 saturated carbocycles. The first kappa shape index (κ1) is 19.1. The molecule has 142 valence electrons. The number of amides is 1. The van der Waals surface area contributed by atoms with Gasteiger partial charge in [0.25, 0.3) is 10.0 Å². The van der Waals surface area contributed by atoms with Gasteiger partial charge in [0.1, 0.15) is 15.7 Å². The minimum atomic E-state index is -3.64. The Labute approximate surface area is 158 Å². The second kappa shape index (κ2) is 6.83. The number of nitrogens with zero attached hydrogens (tertiary/aromatic N) is 1. The van der Waals surface area contributed by atoms with E-state index in [2.05, 4.69) is 19.2 Å². The summed E-state index contributed by atoms with van der Waals surface area (Å²) in [5.74, 6) is 1.41. The molecular weight excluding hydrogens is 372 g/mol. The van der Waals surface area contributed by atoms with Gasteiger partial charge in [-0.2, -0.15) is 4.31 Å². The summed E-state index contributed by atoms with van der Waals surface area (Å²) in [6.07, 6.45) is 1.61. The van der Waals surface area contributed by atoms with E-state index in [1.54, 1.807) is 17.5 Å². The smallest absolute Gasteiger partial charge is 0.252 e. The van der Waals surface area contributed by atoms with Crippen LogP contribution in [0.4, 0.5) is 0 Å². The molecule has 0 radical (unpaired) electrons. The highest BCUT2D eigenvalue weighted by Gasteiger charge is 2.36. The molecule has 1 aliphatic rings. The van der Waals surface area contributed by atoms with Crippen LogP contribution in [0.3, 0.4) is 0 Å². The minimum Gasteiger partial charge on any atom is -0.466 e. The fraction of sp³-hybridized carbons (Fsp3) is 0.500. The molecule has 3 rings (SSSR count). The van der Waals surface area contributed by atoms with Gasteiger partial charge in [0.2, 0.25) is 5.91 Å². The van der Waals surface area contributed by atoms with Crippen LogP contribution in [0.2, 0.25) is 0 Å². The number of thiophene rings is 1. The normalized spacial score (nSPS) is 19.3. The second-order valence-electron chi connectivity index (χ2n) is 7.59. The molecule has 2 aromatic heterocycles. The van der Waals surface area contributed by atoms with Gasteiger partial charge in [-0.3, -0.25) is 4.79 Å². The standard InChI is InChI=1S/C18H24N2O4S2/c1-12-8-13-14(9-18(2,3)10-15(13)24-12)19-16(21)11-20(4)26(22,23)17-6-5-7-25-17/h5-8,14H,9-11H2,1-4H3,(H,19,21). The third kappa shape index (κ3) is 3.87. The lowest BCUT2D eigenvalue weighted by atomic mass is 9.74. The largest absolute Gasteiger partial charge is 0.466 e. The molecule has 0 saturated heterocycles. The van der Waals surface area contributed by atoms with Crippen LogP contribution >= 0.6 is 11.3 Å². The number of furan rings is 1. The van der Waals surface area contributed by atoms with Crippen LogP contribution in [0.15, 0.2) is 32.2 Å². The van der Waals surface area contributed by atoms with Gasteiger partial charge in [-0.1, -0.05) is 19.9 Å². The lowest BCUT2D eigenvalue weighted by Crippen LogP contribution is -2.42. The molecule has 1 amide bonds. The molecule has 0 fully saturated rings. The van der Waals surface area contributed by atoms with E-state index in [0.717, 1.165) is 45.6 Å². The van der Waals surface area contributed by atoms with E-state index in [-0.39, 0.29) is 28.1 Å². The van der Waals surface area contributed by atoms with Gasteiger partial charge < -0.3 is 9.73 Å². The molecule has 1 aliphatic carbocycles. The first-order valence-electron chi connectivity index (χ1n) is 8.47. The fourth-order valence-corrected chi connectivity index (χ4v) is 5.73. The van der Waals surface area contributed by atoms with Crippen molar-refractivity contribution in [3.63, 3.8) is 0 Å². The number of sulfonamides is 1. The van der Waals surface area contributed by atoms with Crippen molar-refractivity contribution >= 4 is 27.3 Å². The number of carbonyl (C=O) groups excluding carboxylic acids is 1. The Bertz CT molecular complexity index is 898. The van der Waals surface area contributed by atoms with Gasteiger partial charge in [-0.05, 0) is 36.3 Å². The molecule has 0 bridgehead atoms. The molecule has 2 aromatic rings. The topological polar surface area (TPSA) is 79.6 Å². The zero-order valence-corrected chi connectivity index (χ0v) is 17.0. The number of hydrogen-bond acceptors (Lipinski definition) is 5. The van der Waals surface area contributed by atoms with Crippen molar-refractivity contribution in [2.75, 3.05) is 13.6 Å². The Morgan fingerprint density at radius 1 is 1.46 bits per heavy atom. The van der Waals surface area contributed by atoms with E-state index in [9.17, 15) is 13.2 Å². The first-order valence-corrected chi connectivity index (χ1v) is 10.8. The Hall–Kier alpha value is -1.64. The molecule has 8 heteroatoms. The van der Waals surface area contributed by atoms with E-state index in [1.165, 1.54) is 7.05 Å². The first-order chi connectivity index (χ1) is 12.1. The van der Waals surface area contributed by atoms with Crippen molar-refractivity contribution < 1.29 is 17.6 Å². The number of hydrogen-bond donors (Lipinski definition) is 1. The van der Waals surface area contributed by atoms with Crippen molar-refractivity contribution in [3.8, 4) is 0 Å². The fourth-order valence-electron chi connectivity index (χ4n) is 3.40. The number of carbonyl (C=O) groups is 1. The van der Waals surface area contributed by atoms with Gasteiger partial charge in [0.05, 0.1) is 12.6 Å². The predicted molar refractivity (Wildman–Crippen MR) is 101 cm³/mol. The van der Waals surface area contributed by atoms with Crippen molar-refractivity contribution in [1.82, 2.24) is 9.62 Å². The lowest BCUT2D eigenvalue weighted by Gasteiger charge is -2.34. The summed E-state index contributed by atoms with van der Waals surface area (Å²) in [6, 6.07) is 5.01. The van der Waals surface area contributed by atoms with Crippen LogP contribution in [0.1, 0.15) is 43.4 Å². The van der Waals surface area contributed by atoms with Crippen molar-refractivity contribution in [1.29, 1.82) is 0 Å². The Kier molecular flexibility index (Phi) is 5.02.